The van der Waals surface area contributed by atoms with Crippen LogP contribution in [0.2, 0.25) is 0 Å². The minimum atomic E-state index is -2.16. The summed E-state index contributed by atoms with van der Waals surface area (Å²) >= 11 is 0. The van der Waals surface area contributed by atoms with Crippen molar-refractivity contribution in [1.29, 1.82) is 0 Å². The van der Waals surface area contributed by atoms with Gasteiger partial charge in [-0.3, -0.25) is 0 Å². The lowest BCUT2D eigenvalue weighted by Crippen LogP contribution is -2.31. The van der Waals surface area contributed by atoms with Crippen molar-refractivity contribution in [3.63, 3.8) is 0 Å². The first-order valence-corrected chi connectivity index (χ1v) is 5.62. The Labute approximate surface area is 105 Å². The van der Waals surface area contributed by atoms with E-state index in [0.717, 1.165) is 0 Å². The van der Waals surface area contributed by atoms with Gasteiger partial charge in [0.1, 0.15) is 5.75 Å². The van der Waals surface area contributed by atoms with Gasteiger partial charge >= 0.3 is 5.97 Å². The van der Waals surface area contributed by atoms with Crippen molar-refractivity contribution >= 4 is 5.97 Å². The molecule has 92 valence electrons. The number of benzene rings is 2. The van der Waals surface area contributed by atoms with Crippen molar-refractivity contribution in [2.45, 2.75) is 12.6 Å². The maximum atomic E-state index is 14.4. The topological polar surface area (TPSA) is 26.3 Å². The molecule has 0 amide bonds. The Hall–Kier alpha value is -2.16. The van der Waals surface area contributed by atoms with E-state index in [2.05, 4.69) is 0 Å². The number of rotatable bonds is 3. The van der Waals surface area contributed by atoms with E-state index in [9.17, 15) is 9.18 Å². The standard InChI is InChI=1S/C15H13FO2/c1-15(16,12-8-4-2-5-9-12)14(17)18-13-10-6-3-7-11-13/h2-11H,1H3. The zero-order valence-corrected chi connectivity index (χ0v) is 9.97. The molecule has 1 atom stereocenters. The molecule has 0 bridgehead atoms. The van der Waals surface area contributed by atoms with Crippen LogP contribution >= 0.6 is 0 Å². The summed E-state index contributed by atoms with van der Waals surface area (Å²) in [7, 11) is 0. The summed E-state index contributed by atoms with van der Waals surface area (Å²) < 4.78 is 19.4. The number of alkyl halides is 1. The summed E-state index contributed by atoms with van der Waals surface area (Å²) in [5, 5.41) is 0. The maximum Gasteiger partial charge on any atom is 0.353 e. The minimum absolute atomic E-state index is 0.283. The Morgan fingerprint density at radius 1 is 1.00 bits per heavy atom. The number of carbonyl (C=O) groups is 1. The molecule has 2 aromatic rings. The van der Waals surface area contributed by atoms with Crippen LogP contribution in [-0.4, -0.2) is 5.97 Å². The fourth-order valence-electron chi connectivity index (χ4n) is 1.56. The van der Waals surface area contributed by atoms with Gasteiger partial charge in [0.15, 0.2) is 0 Å². The Morgan fingerprint density at radius 2 is 1.50 bits per heavy atom. The van der Waals surface area contributed by atoms with Crippen LogP contribution in [0.5, 0.6) is 5.75 Å². The molecule has 0 aromatic heterocycles. The zero-order chi connectivity index (χ0) is 13.0. The zero-order valence-electron chi connectivity index (χ0n) is 9.97. The Balaban J connectivity index is 2.18. The van der Waals surface area contributed by atoms with Gasteiger partial charge in [-0.25, -0.2) is 9.18 Å². The van der Waals surface area contributed by atoms with E-state index >= 15 is 0 Å². The van der Waals surface area contributed by atoms with Gasteiger partial charge < -0.3 is 4.74 Å². The number of halogens is 1. The first kappa shape index (κ1) is 12.3. The largest absolute Gasteiger partial charge is 0.424 e. The number of para-hydroxylation sites is 1. The van der Waals surface area contributed by atoms with Gasteiger partial charge in [-0.2, -0.15) is 0 Å². The number of hydrogen-bond donors (Lipinski definition) is 0. The highest BCUT2D eigenvalue weighted by Gasteiger charge is 2.37. The van der Waals surface area contributed by atoms with Crippen LogP contribution in [0.15, 0.2) is 60.7 Å². The Morgan fingerprint density at radius 3 is 2.06 bits per heavy atom. The van der Waals surface area contributed by atoms with E-state index in [-0.39, 0.29) is 5.56 Å². The quantitative estimate of drug-likeness (QED) is 0.610. The summed E-state index contributed by atoms with van der Waals surface area (Å²) in [5.74, 6) is -0.581. The second-order valence-corrected chi connectivity index (χ2v) is 4.07. The molecule has 2 nitrogen and oxygen atoms in total. The van der Waals surface area contributed by atoms with Crippen molar-refractivity contribution in [1.82, 2.24) is 0 Å². The molecule has 0 heterocycles. The van der Waals surface area contributed by atoms with Crippen LogP contribution in [0.3, 0.4) is 0 Å². The van der Waals surface area contributed by atoms with E-state index in [1.54, 1.807) is 60.7 Å². The highest BCUT2D eigenvalue weighted by Crippen LogP contribution is 2.27. The monoisotopic (exact) mass is 244 g/mol. The summed E-state index contributed by atoms with van der Waals surface area (Å²) in [6.07, 6.45) is 0. The van der Waals surface area contributed by atoms with E-state index < -0.39 is 11.6 Å². The highest BCUT2D eigenvalue weighted by atomic mass is 19.1. The van der Waals surface area contributed by atoms with Crippen molar-refractivity contribution in [3.8, 4) is 5.75 Å². The van der Waals surface area contributed by atoms with E-state index in [1.165, 1.54) is 6.92 Å². The van der Waals surface area contributed by atoms with Crippen molar-refractivity contribution in [3.05, 3.63) is 66.2 Å². The van der Waals surface area contributed by atoms with Crippen LogP contribution in [0, 0.1) is 0 Å². The molecule has 0 aliphatic rings. The van der Waals surface area contributed by atoms with Gasteiger partial charge in [-0.15, -0.1) is 0 Å². The molecule has 0 aliphatic heterocycles. The van der Waals surface area contributed by atoms with Gasteiger partial charge in [0.05, 0.1) is 0 Å². The van der Waals surface area contributed by atoms with Crippen LogP contribution in [0.25, 0.3) is 0 Å². The fourth-order valence-corrected chi connectivity index (χ4v) is 1.56. The Kier molecular flexibility index (Phi) is 3.42. The molecule has 0 aliphatic carbocycles. The molecular weight excluding hydrogens is 231 g/mol. The lowest BCUT2D eigenvalue weighted by molar-refractivity contribution is -0.147. The molecular formula is C15H13FO2. The second kappa shape index (κ2) is 5.00. The third-order valence-electron chi connectivity index (χ3n) is 2.65. The number of carbonyl (C=O) groups excluding carboxylic acids is 1. The van der Waals surface area contributed by atoms with Gasteiger partial charge in [0.25, 0.3) is 0 Å². The molecule has 0 saturated heterocycles. The van der Waals surface area contributed by atoms with Crippen LogP contribution in [0.4, 0.5) is 4.39 Å². The summed E-state index contributed by atoms with van der Waals surface area (Å²) in [6.45, 7) is 1.20. The lowest BCUT2D eigenvalue weighted by Gasteiger charge is -2.18. The lowest BCUT2D eigenvalue weighted by atomic mass is 9.98. The molecule has 3 heteroatoms. The molecule has 1 unspecified atom stereocenters. The van der Waals surface area contributed by atoms with Crippen LogP contribution in [0.1, 0.15) is 12.5 Å². The first-order chi connectivity index (χ1) is 8.60. The number of esters is 1. The van der Waals surface area contributed by atoms with E-state index in [4.69, 9.17) is 4.74 Å². The van der Waals surface area contributed by atoms with Gasteiger partial charge in [-0.1, -0.05) is 48.5 Å². The number of ether oxygens (including phenoxy) is 1. The summed E-state index contributed by atoms with van der Waals surface area (Å²) in [4.78, 5) is 11.8. The van der Waals surface area contributed by atoms with E-state index in [0.29, 0.717) is 5.75 Å². The van der Waals surface area contributed by atoms with Crippen LogP contribution < -0.4 is 4.74 Å². The fraction of sp³-hybridized carbons (Fsp3) is 0.133. The Bertz CT molecular complexity index is 521. The second-order valence-electron chi connectivity index (χ2n) is 4.07. The van der Waals surface area contributed by atoms with Gasteiger partial charge in [-0.05, 0) is 19.1 Å². The molecule has 2 rings (SSSR count). The predicted molar refractivity (Wildman–Crippen MR) is 67.0 cm³/mol. The molecule has 0 N–H and O–H groups in total. The first-order valence-electron chi connectivity index (χ1n) is 5.62. The average Bonchev–Trinajstić information content (AvgIpc) is 2.41. The molecule has 0 radical (unpaired) electrons. The normalized spacial score (nSPS) is 13.7. The SMILES string of the molecule is CC(F)(C(=O)Oc1ccccc1)c1ccccc1. The van der Waals surface area contributed by atoms with Crippen molar-refractivity contribution in [2.75, 3.05) is 0 Å². The van der Waals surface area contributed by atoms with Crippen molar-refractivity contribution in [2.24, 2.45) is 0 Å². The van der Waals surface area contributed by atoms with Crippen LogP contribution in [-0.2, 0) is 10.5 Å². The smallest absolute Gasteiger partial charge is 0.353 e. The molecule has 0 fully saturated rings. The molecule has 18 heavy (non-hydrogen) atoms. The summed E-state index contributed by atoms with van der Waals surface area (Å²) in [5.41, 5.74) is -1.87. The van der Waals surface area contributed by atoms with Crippen molar-refractivity contribution < 1.29 is 13.9 Å². The highest BCUT2D eigenvalue weighted by molar-refractivity contribution is 5.82. The minimum Gasteiger partial charge on any atom is -0.424 e. The third kappa shape index (κ3) is 2.56. The van der Waals surface area contributed by atoms with Gasteiger partial charge in [0, 0.05) is 5.56 Å². The molecule has 0 spiro atoms. The molecule has 2 aromatic carbocycles. The third-order valence-corrected chi connectivity index (χ3v) is 2.65. The predicted octanol–water partition coefficient (Wildman–Crippen LogP) is 3.48. The average molecular weight is 244 g/mol. The summed E-state index contributed by atoms with van der Waals surface area (Å²) in [6, 6.07) is 16.7. The van der Waals surface area contributed by atoms with Gasteiger partial charge in [0.2, 0.25) is 5.67 Å². The molecule has 0 saturated carbocycles. The maximum absolute atomic E-state index is 14.4. The van der Waals surface area contributed by atoms with E-state index in [1.807, 2.05) is 0 Å². The number of hydrogen-bond acceptors (Lipinski definition) is 2.